The van der Waals surface area contributed by atoms with Crippen LogP contribution in [-0.2, 0) is 0 Å². The maximum atomic E-state index is 13.7. The number of fused-ring (bicyclic) bond motifs is 4. The maximum Gasteiger partial charge on any atom is 0.290 e. The van der Waals surface area contributed by atoms with Crippen LogP contribution in [0.3, 0.4) is 0 Å². The number of nitrogens with zero attached hydrogens (tertiary/aromatic N) is 2. The highest BCUT2D eigenvalue weighted by Gasteiger charge is 2.42. The zero-order chi connectivity index (χ0) is 21.7. The van der Waals surface area contributed by atoms with Crippen molar-refractivity contribution < 1.29 is 9.21 Å². The summed E-state index contributed by atoms with van der Waals surface area (Å²) >= 11 is 6.08. The Morgan fingerprint density at radius 3 is 2.45 bits per heavy atom. The van der Waals surface area contributed by atoms with Gasteiger partial charge in [-0.25, -0.2) is 0 Å². The number of benzene rings is 3. The second-order valence-electron chi connectivity index (χ2n) is 8.09. The van der Waals surface area contributed by atoms with Crippen molar-refractivity contribution in [3.05, 3.63) is 92.8 Å². The summed E-state index contributed by atoms with van der Waals surface area (Å²) in [5.74, 6) is -0.128. The molecule has 1 aliphatic heterocycles. The molecule has 0 spiro atoms. The molecule has 0 bridgehead atoms. The molecule has 1 aromatic heterocycles. The van der Waals surface area contributed by atoms with Gasteiger partial charge in [-0.05, 0) is 43.2 Å². The molecular formula is C25H21ClN2O3. The zero-order valence-corrected chi connectivity index (χ0v) is 18.0. The Morgan fingerprint density at radius 1 is 0.968 bits per heavy atom. The summed E-state index contributed by atoms with van der Waals surface area (Å²) in [5, 5.41) is 2.87. The molecule has 0 aliphatic carbocycles. The van der Waals surface area contributed by atoms with Gasteiger partial charge in [-0.15, -0.1) is 0 Å². The van der Waals surface area contributed by atoms with Crippen LogP contribution in [0.1, 0.15) is 27.7 Å². The predicted octanol–water partition coefficient (Wildman–Crippen LogP) is 4.71. The topological polar surface area (TPSA) is 53.8 Å². The van der Waals surface area contributed by atoms with Crippen molar-refractivity contribution in [2.24, 2.45) is 0 Å². The van der Waals surface area contributed by atoms with Crippen molar-refractivity contribution in [1.29, 1.82) is 0 Å². The lowest BCUT2D eigenvalue weighted by atomic mass is 9.97. The van der Waals surface area contributed by atoms with E-state index in [0.717, 1.165) is 16.3 Å². The van der Waals surface area contributed by atoms with E-state index in [-0.39, 0.29) is 17.1 Å². The monoisotopic (exact) mass is 432 g/mol. The highest BCUT2D eigenvalue weighted by atomic mass is 35.5. The predicted molar refractivity (Wildman–Crippen MR) is 123 cm³/mol. The van der Waals surface area contributed by atoms with E-state index in [0.29, 0.717) is 34.6 Å². The fraction of sp³-hybridized carbons (Fsp3) is 0.200. The highest BCUT2D eigenvalue weighted by molar-refractivity contribution is 6.30. The molecule has 0 N–H and O–H groups in total. The summed E-state index contributed by atoms with van der Waals surface area (Å²) in [4.78, 5) is 30.8. The van der Waals surface area contributed by atoms with E-state index in [2.05, 4.69) is 0 Å². The number of carbonyl (C=O) groups excluding carboxylic acids is 1. The lowest BCUT2D eigenvalue weighted by Crippen LogP contribution is -2.35. The SMILES string of the molecule is CN(C)CCN1C(=O)c2oc3c(ccc4ccccc43)c(=O)c2[C@H]1c1ccc(Cl)cc1. The molecule has 0 fully saturated rings. The van der Waals surface area contributed by atoms with Gasteiger partial charge in [-0.3, -0.25) is 9.59 Å². The van der Waals surface area contributed by atoms with Gasteiger partial charge in [0.1, 0.15) is 5.58 Å². The van der Waals surface area contributed by atoms with Gasteiger partial charge in [-0.2, -0.15) is 0 Å². The summed E-state index contributed by atoms with van der Waals surface area (Å²) in [5.41, 5.74) is 1.53. The molecule has 1 atom stereocenters. The molecule has 31 heavy (non-hydrogen) atoms. The molecule has 2 heterocycles. The van der Waals surface area contributed by atoms with Crippen molar-refractivity contribution in [3.63, 3.8) is 0 Å². The smallest absolute Gasteiger partial charge is 0.290 e. The van der Waals surface area contributed by atoms with Gasteiger partial charge in [0.15, 0.2) is 5.43 Å². The quantitative estimate of drug-likeness (QED) is 0.438. The maximum absolute atomic E-state index is 13.7. The zero-order valence-electron chi connectivity index (χ0n) is 17.3. The Hall–Kier alpha value is -3.15. The van der Waals surface area contributed by atoms with Crippen LogP contribution < -0.4 is 5.43 Å². The second-order valence-corrected chi connectivity index (χ2v) is 8.53. The molecule has 0 unspecified atom stereocenters. The molecule has 0 saturated heterocycles. The summed E-state index contributed by atoms with van der Waals surface area (Å²) in [6, 6.07) is 18.2. The van der Waals surface area contributed by atoms with Crippen LogP contribution >= 0.6 is 11.6 Å². The van der Waals surface area contributed by atoms with Crippen LogP contribution in [0, 0.1) is 0 Å². The van der Waals surface area contributed by atoms with Gasteiger partial charge >= 0.3 is 0 Å². The minimum Gasteiger partial charge on any atom is -0.450 e. The van der Waals surface area contributed by atoms with Crippen molar-refractivity contribution in [3.8, 4) is 0 Å². The Balaban J connectivity index is 1.77. The van der Waals surface area contributed by atoms with E-state index in [1.807, 2.05) is 61.5 Å². The van der Waals surface area contributed by atoms with Gasteiger partial charge in [-0.1, -0.05) is 54.1 Å². The van der Waals surface area contributed by atoms with Crippen LogP contribution in [0.2, 0.25) is 5.02 Å². The van der Waals surface area contributed by atoms with Gasteiger partial charge < -0.3 is 14.2 Å². The molecule has 3 aromatic carbocycles. The van der Waals surface area contributed by atoms with Gasteiger partial charge in [0.25, 0.3) is 5.91 Å². The molecule has 4 aromatic rings. The number of hydrogen-bond acceptors (Lipinski definition) is 4. The Labute approximate surface area is 184 Å². The number of hydrogen-bond donors (Lipinski definition) is 0. The van der Waals surface area contributed by atoms with E-state index >= 15 is 0 Å². The van der Waals surface area contributed by atoms with Crippen LogP contribution in [-0.4, -0.2) is 42.9 Å². The van der Waals surface area contributed by atoms with Crippen molar-refractivity contribution in [1.82, 2.24) is 9.80 Å². The molecule has 0 saturated carbocycles. The summed E-state index contributed by atoms with van der Waals surface area (Å²) in [6.45, 7) is 1.14. The van der Waals surface area contributed by atoms with E-state index in [9.17, 15) is 9.59 Å². The number of rotatable bonds is 4. The lowest BCUT2D eigenvalue weighted by molar-refractivity contribution is 0.0716. The standard InChI is InChI=1S/C25H21ClN2O3/c1-27(2)13-14-28-21(16-7-10-17(26)11-8-16)20-22(29)19-12-9-15-5-3-4-6-18(15)23(19)31-24(20)25(28)30/h3-12,21H,13-14H2,1-2H3/t21-/m1/s1. The molecule has 1 amide bonds. The van der Waals surface area contributed by atoms with E-state index in [1.54, 1.807) is 23.1 Å². The van der Waals surface area contributed by atoms with E-state index in [4.69, 9.17) is 16.0 Å². The highest BCUT2D eigenvalue weighted by Crippen LogP contribution is 2.39. The average molecular weight is 433 g/mol. The fourth-order valence-corrected chi connectivity index (χ4v) is 4.40. The molecule has 1 aliphatic rings. The normalized spacial score (nSPS) is 15.9. The second kappa shape index (κ2) is 7.52. The Morgan fingerprint density at radius 2 is 1.71 bits per heavy atom. The third kappa shape index (κ3) is 3.21. The molecule has 6 heteroatoms. The van der Waals surface area contributed by atoms with E-state index < -0.39 is 6.04 Å². The molecule has 5 nitrogen and oxygen atoms in total. The summed E-state index contributed by atoms with van der Waals surface area (Å²) < 4.78 is 6.19. The van der Waals surface area contributed by atoms with Crippen molar-refractivity contribution >= 4 is 39.2 Å². The lowest BCUT2D eigenvalue weighted by Gasteiger charge is -2.26. The molecule has 5 rings (SSSR count). The fourth-order valence-electron chi connectivity index (χ4n) is 4.28. The molecule has 0 radical (unpaired) electrons. The molecular weight excluding hydrogens is 412 g/mol. The van der Waals surface area contributed by atoms with Gasteiger partial charge in [0.05, 0.1) is 17.0 Å². The summed E-state index contributed by atoms with van der Waals surface area (Å²) in [7, 11) is 3.91. The van der Waals surface area contributed by atoms with Crippen LogP contribution in [0.5, 0.6) is 0 Å². The first-order valence-corrected chi connectivity index (χ1v) is 10.5. The average Bonchev–Trinajstić information content (AvgIpc) is 3.05. The Bertz CT molecular complexity index is 1380. The van der Waals surface area contributed by atoms with Gasteiger partial charge in [0, 0.05) is 23.5 Å². The first kappa shape index (κ1) is 19.8. The van der Waals surface area contributed by atoms with Gasteiger partial charge in [0.2, 0.25) is 5.76 Å². The number of carbonyl (C=O) groups is 1. The molecule has 156 valence electrons. The number of amides is 1. The van der Waals surface area contributed by atoms with E-state index in [1.165, 1.54) is 0 Å². The number of likely N-dealkylation sites (N-methyl/N-ethyl adjacent to an activating group) is 1. The van der Waals surface area contributed by atoms with Crippen LogP contribution in [0.4, 0.5) is 0 Å². The first-order chi connectivity index (χ1) is 15.0. The van der Waals surface area contributed by atoms with Crippen LogP contribution in [0.15, 0.2) is 69.9 Å². The van der Waals surface area contributed by atoms with Crippen molar-refractivity contribution in [2.45, 2.75) is 6.04 Å². The third-order valence-corrected chi connectivity index (χ3v) is 6.08. The largest absolute Gasteiger partial charge is 0.450 e. The minimum absolute atomic E-state index is 0.132. The Kier molecular flexibility index (Phi) is 4.80. The first-order valence-electron chi connectivity index (χ1n) is 10.2. The third-order valence-electron chi connectivity index (χ3n) is 5.83. The van der Waals surface area contributed by atoms with Crippen LogP contribution in [0.25, 0.3) is 21.7 Å². The minimum atomic E-state index is -0.508. The van der Waals surface area contributed by atoms with Crippen molar-refractivity contribution in [2.75, 3.05) is 27.2 Å². The summed E-state index contributed by atoms with van der Waals surface area (Å²) in [6.07, 6.45) is 0. The number of halogens is 1.